The Balaban J connectivity index is 0. The Kier molecular flexibility index (Phi) is 10.3. The van der Waals surface area contributed by atoms with Gasteiger partial charge in [-0.2, -0.15) is 0 Å². The number of thiol groups is 1. The number of aldehydes is 1. The first-order chi connectivity index (χ1) is 6.49. The molecule has 0 bridgehead atoms. The van der Waals surface area contributed by atoms with Gasteiger partial charge in [-0.15, -0.1) is 12.6 Å². The molecule has 0 aliphatic carbocycles. The van der Waals surface area contributed by atoms with Crippen molar-refractivity contribution in [2.75, 3.05) is 20.6 Å². The number of hydrogen-bond donors (Lipinski definition) is 1. The van der Waals surface area contributed by atoms with Crippen LogP contribution in [-0.4, -0.2) is 31.8 Å². The Morgan fingerprint density at radius 3 is 2.14 bits per heavy atom. The summed E-state index contributed by atoms with van der Waals surface area (Å²) >= 11 is 4.02. The summed E-state index contributed by atoms with van der Waals surface area (Å²) in [5, 5.41) is 0. The molecule has 2 nitrogen and oxygen atoms in total. The molecule has 0 aromatic carbocycles. The van der Waals surface area contributed by atoms with Crippen LogP contribution in [0, 0.1) is 0 Å². The van der Waals surface area contributed by atoms with Crippen LogP contribution in [0.3, 0.4) is 0 Å². The summed E-state index contributed by atoms with van der Waals surface area (Å²) in [4.78, 5) is 12.8. The van der Waals surface area contributed by atoms with Gasteiger partial charge in [0.15, 0.2) is 6.29 Å². The van der Waals surface area contributed by atoms with Gasteiger partial charge in [-0.1, -0.05) is 20.4 Å². The van der Waals surface area contributed by atoms with E-state index in [4.69, 9.17) is 0 Å². The second-order valence-electron chi connectivity index (χ2n) is 2.97. The van der Waals surface area contributed by atoms with E-state index in [1.165, 1.54) is 0 Å². The zero-order valence-corrected chi connectivity index (χ0v) is 10.7. The second-order valence-corrected chi connectivity index (χ2v) is 3.45. The zero-order chi connectivity index (χ0) is 11.7. The lowest BCUT2D eigenvalue weighted by atomic mass is 10.1. The monoisotopic (exact) mass is 215 g/mol. The van der Waals surface area contributed by atoms with E-state index in [1.54, 1.807) is 0 Å². The van der Waals surface area contributed by atoms with Gasteiger partial charge in [0, 0.05) is 11.4 Å². The highest BCUT2D eigenvalue weighted by Crippen LogP contribution is 2.14. The Hall–Kier alpha value is -0.540. The van der Waals surface area contributed by atoms with E-state index in [0.717, 1.165) is 24.0 Å². The Morgan fingerprint density at radius 1 is 1.43 bits per heavy atom. The first-order valence-electron chi connectivity index (χ1n) is 4.67. The smallest absolute Gasteiger partial charge is 0.156 e. The number of carbonyl (C=O) groups excluding carboxylic acids is 1. The van der Waals surface area contributed by atoms with Crippen molar-refractivity contribution in [1.29, 1.82) is 0 Å². The van der Waals surface area contributed by atoms with Gasteiger partial charge in [-0.05, 0) is 32.2 Å². The maximum atomic E-state index is 10.3. The van der Waals surface area contributed by atoms with E-state index in [0.29, 0.717) is 4.91 Å². The predicted molar refractivity (Wildman–Crippen MR) is 66.8 cm³/mol. The molecule has 0 aromatic heterocycles. The largest absolute Gasteiger partial charge is 0.305 e. The highest BCUT2D eigenvalue weighted by atomic mass is 32.1. The molecule has 0 aromatic rings. The van der Waals surface area contributed by atoms with Gasteiger partial charge < -0.3 is 4.90 Å². The average Bonchev–Trinajstić information content (AvgIpc) is 2.17. The van der Waals surface area contributed by atoms with Gasteiger partial charge in [0.25, 0.3) is 0 Å². The molecule has 0 heterocycles. The zero-order valence-electron chi connectivity index (χ0n) is 9.79. The van der Waals surface area contributed by atoms with Crippen molar-refractivity contribution in [2.45, 2.75) is 20.8 Å². The molecular weight excluding hydrogens is 194 g/mol. The molecule has 0 amide bonds. The van der Waals surface area contributed by atoms with Gasteiger partial charge in [-0.3, -0.25) is 4.79 Å². The molecule has 0 unspecified atom stereocenters. The molecule has 14 heavy (non-hydrogen) atoms. The van der Waals surface area contributed by atoms with Crippen molar-refractivity contribution < 1.29 is 4.79 Å². The van der Waals surface area contributed by atoms with E-state index >= 15 is 0 Å². The van der Waals surface area contributed by atoms with Crippen LogP contribution in [-0.2, 0) is 4.79 Å². The van der Waals surface area contributed by atoms with Crippen molar-refractivity contribution in [3.63, 3.8) is 0 Å². The molecule has 0 N–H and O–H groups in total. The van der Waals surface area contributed by atoms with E-state index in [-0.39, 0.29) is 0 Å². The lowest BCUT2D eigenvalue weighted by Gasteiger charge is -2.12. The number of hydrogen-bond acceptors (Lipinski definition) is 3. The predicted octanol–water partition coefficient (Wildman–Crippen LogP) is 2.53. The normalized spacial score (nSPS) is 11.4. The van der Waals surface area contributed by atoms with E-state index in [9.17, 15) is 4.79 Å². The van der Waals surface area contributed by atoms with Crippen LogP contribution in [0.15, 0.2) is 22.6 Å². The second kappa shape index (κ2) is 9.03. The number of allylic oxidation sites excluding steroid dienone is 1. The first kappa shape index (κ1) is 15.9. The molecule has 0 fully saturated rings. The van der Waals surface area contributed by atoms with Gasteiger partial charge in [0.05, 0.1) is 0 Å². The van der Waals surface area contributed by atoms with Crippen LogP contribution in [0.2, 0.25) is 0 Å². The van der Waals surface area contributed by atoms with Crippen LogP contribution in [0.4, 0.5) is 0 Å². The summed E-state index contributed by atoms with van der Waals surface area (Å²) in [6.07, 6.45) is 0.735. The third-order valence-electron chi connectivity index (χ3n) is 1.53. The third kappa shape index (κ3) is 6.92. The maximum absolute atomic E-state index is 10.3. The van der Waals surface area contributed by atoms with Crippen LogP contribution < -0.4 is 0 Å². The number of nitrogens with zero attached hydrogens (tertiary/aromatic N) is 1. The van der Waals surface area contributed by atoms with E-state index in [1.807, 2.05) is 39.8 Å². The molecule has 0 saturated heterocycles. The number of rotatable bonds is 4. The molecule has 0 spiro atoms. The van der Waals surface area contributed by atoms with Crippen molar-refractivity contribution in [3.05, 3.63) is 22.6 Å². The summed E-state index contributed by atoms with van der Waals surface area (Å²) in [6, 6.07) is 0. The third-order valence-corrected chi connectivity index (χ3v) is 1.97. The SMILES string of the molecule is C=C(CN(C)C)/C(C)=C(/S)C=O.CC. The minimum atomic E-state index is 0.460. The molecule has 0 aliphatic heterocycles. The molecule has 0 radical (unpaired) electrons. The van der Waals surface area contributed by atoms with Crippen molar-refractivity contribution in [1.82, 2.24) is 4.90 Å². The topological polar surface area (TPSA) is 20.3 Å². The van der Waals surface area contributed by atoms with Crippen LogP contribution in [0.5, 0.6) is 0 Å². The molecular formula is C11H21NOS. The highest BCUT2D eigenvalue weighted by molar-refractivity contribution is 7.85. The van der Waals surface area contributed by atoms with Crippen LogP contribution >= 0.6 is 12.6 Å². The molecule has 0 aliphatic rings. The van der Waals surface area contributed by atoms with Gasteiger partial charge in [-0.25, -0.2) is 0 Å². The summed E-state index contributed by atoms with van der Waals surface area (Å²) in [7, 11) is 3.91. The van der Waals surface area contributed by atoms with Gasteiger partial charge in [0.2, 0.25) is 0 Å². The van der Waals surface area contributed by atoms with Crippen molar-refractivity contribution >= 4 is 18.9 Å². The number of carbonyl (C=O) groups is 1. The minimum Gasteiger partial charge on any atom is -0.305 e. The standard InChI is InChI=1S/C9H15NOS.C2H6/c1-7(5-10(3)4)8(2)9(12)6-11;1-2/h6,12H,1,5H2,2-4H3;1-2H3/b9-8+;. The number of likely N-dealkylation sites (N-methyl/N-ethyl adjacent to an activating group) is 1. The van der Waals surface area contributed by atoms with E-state index in [2.05, 4.69) is 19.2 Å². The summed E-state index contributed by atoms with van der Waals surface area (Å²) in [5.74, 6) is 0. The molecule has 82 valence electrons. The summed E-state index contributed by atoms with van der Waals surface area (Å²) < 4.78 is 0. The van der Waals surface area contributed by atoms with Crippen molar-refractivity contribution in [2.24, 2.45) is 0 Å². The van der Waals surface area contributed by atoms with Crippen LogP contribution in [0.1, 0.15) is 20.8 Å². The Bertz CT molecular complexity index is 219. The van der Waals surface area contributed by atoms with Crippen molar-refractivity contribution in [3.8, 4) is 0 Å². The average molecular weight is 215 g/mol. The minimum absolute atomic E-state index is 0.460. The summed E-state index contributed by atoms with van der Waals surface area (Å²) in [5.41, 5.74) is 1.79. The molecule has 3 heteroatoms. The van der Waals surface area contributed by atoms with Gasteiger partial charge >= 0.3 is 0 Å². The van der Waals surface area contributed by atoms with E-state index < -0.39 is 0 Å². The Morgan fingerprint density at radius 2 is 1.86 bits per heavy atom. The summed E-state index contributed by atoms with van der Waals surface area (Å²) in [6.45, 7) is 10.5. The fourth-order valence-electron chi connectivity index (χ4n) is 0.770. The Labute approximate surface area is 93.1 Å². The first-order valence-corrected chi connectivity index (χ1v) is 5.11. The van der Waals surface area contributed by atoms with Crippen LogP contribution in [0.25, 0.3) is 0 Å². The quantitative estimate of drug-likeness (QED) is 0.336. The fourth-order valence-corrected chi connectivity index (χ4v) is 0.928. The molecule has 0 rings (SSSR count). The van der Waals surface area contributed by atoms with Gasteiger partial charge in [0.1, 0.15) is 0 Å². The molecule has 0 saturated carbocycles. The highest BCUT2D eigenvalue weighted by Gasteiger charge is 2.02. The molecule has 0 atom stereocenters. The lowest BCUT2D eigenvalue weighted by molar-refractivity contribution is -0.104. The maximum Gasteiger partial charge on any atom is 0.156 e. The lowest BCUT2D eigenvalue weighted by Crippen LogP contribution is -2.15. The fraction of sp³-hybridized carbons (Fsp3) is 0.545.